The maximum absolute atomic E-state index is 12.5. The summed E-state index contributed by atoms with van der Waals surface area (Å²) in [6, 6.07) is 20.8. The molecular weight excluding hydrogens is 476 g/mol. The fraction of sp³-hybridized carbons (Fsp3) is 0.120. The van der Waals surface area contributed by atoms with Crippen LogP contribution in [0.2, 0.25) is 5.02 Å². The number of nitrogens with one attached hydrogen (secondary N) is 1. The smallest absolute Gasteiger partial charge is 0.266 e. The molecule has 0 radical (unpaired) electrons. The number of carbonyl (C=O) groups excluding carboxylic acids is 1. The summed E-state index contributed by atoms with van der Waals surface area (Å²) in [6.07, 6.45) is 1.49. The highest BCUT2D eigenvalue weighted by Crippen LogP contribution is 2.35. The van der Waals surface area contributed by atoms with Crippen molar-refractivity contribution in [2.24, 2.45) is 0 Å². The fourth-order valence-corrected chi connectivity index (χ4v) is 3.85. The van der Waals surface area contributed by atoms with Crippen LogP contribution in [0.1, 0.15) is 22.3 Å². The van der Waals surface area contributed by atoms with Gasteiger partial charge in [-0.3, -0.25) is 4.79 Å². The van der Waals surface area contributed by atoms with E-state index in [4.69, 9.17) is 16.3 Å². The number of rotatable bonds is 6. The van der Waals surface area contributed by atoms with E-state index in [9.17, 15) is 10.1 Å². The number of nitriles is 1. The molecule has 6 heteroatoms. The predicted octanol–water partition coefficient (Wildman–Crippen LogP) is 6.84. The van der Waals surface area contributed by atoms with Crippen molar-refractivity contribution < 1.29 is 9.53 Å². The molecule has 3 aromatic rings. The van der Waals surface area contributed by atoms with E-state index in [-0.39, 0.29) is 5.57 Å². The zero-order valence-corrected chi connectivity index (χ0v) is 19.4. The SMILES string of the molecule is Cc1ccc(COc2c(Cl)cc(/C=C(/C#N)C(=O)Nc3ccccc3C)cc2Br)cc1. The zero-order chi connectivity index (χ0) is 22.4. The van der Waals surface area contributed by atoms with Gasteiger partial charge in [-0.2, -0.15) is 5.26 Å². The first kappa shape index (κ1) is 22.6. The lowest BCUT2D eigenvalue weighted by molar-refractivity contribution is -0.112. The van der Waals surface area contributed by atoms with Gasteiger partial charge in [0.05, 0.1) is 9.50 Å². The first-order valence-electron chi connectivity index (χ1n) is 9.53. The Bertz CT molecular complexity index is 1160. The third-order valence-corrected chi connectivity index (χ3v) is 5.46. The summed E-state index contributed by atoms with van der Waals surface area (Å²) < 4.78 is 6.51. The Morgan fingerprint density at radius 2 is 1.87 bits per heavy atom. The number of benzene rings is 3. The molecule has 0 aromatic heterocycles. The van der Waals surface area contributed by atoms with Gasteiger partial charge in [-0.05, 0) is 70.7 Å². The van der Waals surface area contributed by atoms with Crippen LogP contribution in [-0.4, -0.2) is 5.91 Å². The van der Waals surface area contributed by atoms with E-state index < -0.39 is 5.91 Å². The Morgan fingerprint density at radius 3 is 2.52 bits per heavy atom. The van der Waals surface area contributed by atoms with Crippen LogP contribution in [0.5, 0.6) is 5.75 Å². The number of amides is 1. The number of nitrogens with zero attached hydrogens (tertiary/aromatic N) is 1. The van der Waals surface area contributed by atoms with E-state index in [2.05, 4.69) is 21.2 Å². The Morgan fingerprint density at radius 1 is 1.16 bits per heavy atom. The van der Waals surface area contributed by atoms with Crippen molar-refractivity contribution in [2.75, 3.05) is 5.32 Å². The highest BCUT2D eigenvalue weighted by Gasteiger charge is 2.13. The molecule has 0 fully saturated rings. The molecule has 3 rings (SSSR count). The molecule has 0 bridgehead atoms. The molecule has 1 amide bonds. The molecule has 0 unspecified atom stereocenters. The Hall–Kier alpha value is -3.07. The van der Waals surface area contributed by atoms with Crippen LogP contribution in [0.25, 0.3) is 6.08 Å². The van der Waals surface area contributed by atoms with Gasteiger partial charge in [0.25, 0.3) is 5.91 Å². The lowest BCUT2D eigenvalue weighted by atomic mass is 10.1. The average molecular weight is 496 g/mol. The van der Waals surface area contributed by atoms with Gasteiger partial charge in [0.15, 0.2) is 5.75 Å². The highest BCUT2D eigenvalue weighted by molar-refractivity contribution is 9.10. The summed E-state index contributed by atoms with van der Waals surface area (Å²) in [5.74, 6) is 0.0194. The van der Waals surface area contributed by atoms with Crippen LogP contribution in [0.3, 0.4) is 0 Å². The number of carbonyl (C=O) groups is 1. The predicted molar refractivity (Wildman–Crippen MR) is 128 cm³/mol. The van der Waals surface area contributed by atoms with Gasteiger partial charge < -0.3 is 10.1 Å². The third kappa shape index (κ3) is 5.97. The first-order valence-corrected chi connectivity index (χ1v) is 10.7. The van der Waals surface area contributed by atoms with Crippen molar-refractivity contribution in [3.63, 3.8) is 0 Å². The average Bonchev–Trinajstić information content (AvgIpc) is 2.74. The van der Waals surface area contributed by atoms with Gasteiger partial charge in [-0.25, -0.2) is 0 Å². The molecule has 0 aliphatic carbocycles. The van der Waals surface area contributed by atoms with Crippen molar-refractivity contribution in [3.8, 4) is 11.8 Å². The Kier molecular flexibility index (Phi) is 7.51. The Labute approximate surface area is 195 Å². The lowest BCUT2D eigenvalue weighted by Crippen LogP contribution is -2.14. The molecule has 31 heavy (non-hydrogen) atoms. The second-order valence-corrected chi connectivity index (χ2v) is 8.29. The Balaban J connectivity index is 1.78. The summed E-state index contributed by atoms with van der Waals surface area (Å²) in [5, 5.41) is 12.6. The molecule has 0 atom stereocenters. The van der Waals surface area contributed by atoms with Crippen molar-refractivity contribution >= 4 is 45.2 Å². The van der Waals surface area contributed by atoms with Gasteiger partial charge in [0, 0.05) is 5.69 Å². The van der Waals surface area contributed by atoms with Crippen LogP contribution in [0.15, 0.2) is 70.7 Å². The van der Waals surface area contributed by atoms with Gasteiger partial charge >= 0.3 is 0 Å². The number of aryl methyl sites for hydroxylation is 2. The van der Waals surface area contributed by atoms with Gasteiger partial charge in [-0.1, -0.05) is 59.6 Å². The van der Waals surface area contributed by atoms with Crippen LogP contribution < -0.4 is 10.1 Å². The topological polar surface area (TPSA) is 62.1 Å². The van der Waals surface area contributed by atoms with E-state index in [1.165, 1.54) is 11.6 Å². The molecule has 0 saturated heterocycles. The number of hydrogen-bond donors (Lipinski definition) is 1. The quantitative estimate of drug-likeness (QED) is 0.301. The van der Waals surface area contributed by atoms with E-state index >= 15 is 0 Å². The molecule has 156 valence electrons. The monoisotopic (exact) mass is 494 g/mol. The van der Waals surface area contributed by atoms with E-state index in [1.54, 1.807) is 18.2 Å². The summed E-state index contributed by atoms with van der Waals surface area (Å²) in [4.78, 5) is 12.5. The highest BCUT2D eigenvalue weighted by atomic mass is 79.9. The van der Waals surface area contributed by atoms with Gasteiger partial charge in [0.1, 0.15) is 18.2 Å². The summed E-state index contributed by atoms with van der Waals surface area (Å²) in [7, 11) is 0. The minimum atomic E-state index is -0.483. The molecule has 0 aliphatic heterocycles. The van der Waals surface area contributed by atoms with Crippen molar-refractivity contribution in [2.45, 2.75) is 20.5 Å². The van der Waals surface area contributed by atoms with Crippen LogP contribution in [-0.2, 0) is 11.4 Å². The standard InChI is InChI=1S/C25H20BrClN2O2/c1-16-7-9-18(10-8-16)15-31-24-21(26)12-19(13-22(24)27)11-20(14-28)25(30)29-23-6-4-3-5-17(23)2/h3-13H,15H2,1-2H3,(H,29,30)/b20-11-. The summed E-state index contributed by atoms with van der Waals surface area (Å²) in [6.45, 7) is 4.29. The number of ether oxygens (including phenoxy) is 1. The second kappa shape index (κ2) is 10.3. The molecule has 0 saturated carbocycles. The number of halogens is 2. The molecule has 0 aliphatic rings. The molecule has 0 heterocycles. The maximum atomic E-state index is 12.5. The molecule has 4 nitrogen and oxygen atoms in total. The number of anilines is 1. The molecular formula is C25H20BrClN2O2. The summed E-state index contributed by atoms with van der Waals surface area (Å²) in [5.41, 5.74) is 4.35. The van der Waals surface area contributed by atoms with Crippen molar-refractivity contribution in [1.82, 2.24) is 0 Å². The van der Waals surface area contributed by atoms with Crippen molar-refractivity contribution in [3.05, 3.63) is 98.0 Å². The maximum Gasteiger partial charge on any atom is 0.266 e. The molecule has 1 N–H and O–H groups in total. The number of para-hydroxylation sites is 1. The van der Waals surface area contributed by atoms with Crippen LogP contribution >= 0.6 is 27.5 Å². The van der Waals surface area contributed by atoms with Crippen molar-refractivity contribution in [1.29, 1.82) is 5.26 Å². The van der Waals surface area contributed by atoms with Gasteiger partial charge in [-0.15, -0.1) is 0 Å². The normalized spacial score (nSPS) is 11.0. The molecule has 0 spiro atoms. The first-order chi connectivity index (χ1) is 14.9. The van der Waals surface area contributed by atoms with Crippen LogP contribution in [0.4, 0.5) is 5.69 Å². The third-order valence-electron chi connectivity index (χ3n) is 4.59. The fourth-order valence-electron chi connectivity index (χ4n) is 2.86. The second-order valence-electron chi connectivity index (χ2n) is 7.03. The molecule has 3 aromatic carbocycles. The van der Waals surface area contributed by atoms with E-state index in [1.807, 2.05) is 62.4 Å². The zero-order valence-electron chi connectivity index (χ0n) is 17.1. The summed E-state index contributed by atoms with van der Waals surface area (Å²) >= 11 is 9.89. The largest absolute Gasteiger partial charge is 0.486 e. The van der Waals surface area contributed by atoms with E-state index in [0.717, 1.165) is 11.1 Å². The minimum Gasteiger partial charge on any atom is -0.486 e. The van der Waals surface area contributed by atoms with E-state index in [0.29, 0.717) is 33.1 Å². The minimum absolute atomic E-state index is 0.0282. The van der Waals surface area contributed by atoms with Crippen LogP contribution in [0, 0.1) is 25.2 Å². The lowest BCUT2D eigenvalue weighted by Gasteiger charge is -2.12. The number of hydrogen-bond acceptors (Lipinski definition) is 3. The van der Waals surface area contributed by atoms with Gasteiger partial charge in [0.2, 0.25) is 0 Å².